The van der Waals surface area contributed by atoms with Gasteiger partial charge in [0, 0.05) is 0 Å². The standard InChI is InChI=1S/2C24H29.C3H7.CH3.2ClH.H2Si.Zr/c2*1-16-21(24(5,6)7)15-18-9-8-10-20(22(16)18)17-11-13-19(14-12-17)23(2,3)4;1-3-2;;;;;/h2*8-15H,1-7H3;1,3H2,2H3;1H3;2*1H;1H2;. The fraction of sp³-hybridized carbons (Fsp3) is 0.462. The Bertz CT molecular complexity index is 2090. The Labute approximate surface area is 357 Å². The zero-order chi connectivity index (χ0) is 40.0. The molecule has 302 valence electrons. The zero-order valence-electron chi connectivity index (χ0n) is 37.7. The SMILES string of the molecule is CC[CH2][Zr]([CH3])(=[SiH2])([CH]1C(C(C)(C)C)=C(C)c2c(-c3ccc(C(C)(C)C)cc3)cccc21)[CH]1C(C(C)(C)C)=C(C)c2c(-c3ccc(C(C)(C)C)cc3)cccc21.Cl.Cl. The Kier molecular flexibility index (Phi) is 13.0. The van der Waals surface area contributed by atoms with Crippen molar-refractivity contribution in [3.63, 3.8) is 0 Å². The van der Waals surface area contributed by atoms with Crippen LogP contribution < -0.4 is 0 Å². The second-order valence-electron chi connectivity index (χ2n) is 21.9. The monoisotopic (exact) mass is 884 g/mol. The maximum atomic E-state index is 2.91. The van der Waals surface area contributed by atoms with Gasteiger partial charge in [0.15, 0.2) is 0 Å². The van der Waals surface area contributed by atoms with E-state index in [1.807, 2.05) is 0 Å². The molecule has 0 radical (unpaired) electrons. The minimum Gasteiger partial charge on any atom is -0.147 e. The van der Waals surface area contributed by atoms with Gasteiger partial charge in [0.1, 0.15) is 0 Å². The Balaban J connectivity index is 0.00000348. The molecule has 0 spiro atoms. The summed E-state index contributed by atoms with van der Waals surface area (Å²) < 4.78 is 5.17. The van der Waals surface area contributed by atoms with Crippen molar-refractivity contribution in [2.75, 3.05) is 0 Å². The van der Waals surface area contributed by atoms with Gasteiger partial charge in [0.25, 0.3) is 0 Å². The molecule has 0 N–H and O–H groups in total. The molecule has 0 bridgehead atoms. The molecular formula is C52H72Cl2SiZr. The van der Waals surface area contributed by atoms with E-state index in [-0.39, 0.29) is 46.5 Å². The van der Waals surface area contributed by atoms with Gasteiger partial charge >= 0.3 is 335 Å². The van der Waals surface area contributed by atoms with Crippen LogP contribution in [-0.4, -0.2) is 6.88 Å². The molecule has 2 aliphatic rings. The molecule has 0 amide bonds. The number of benzene rings is 4. The van der Waals surface area contributed by atoms with Crippen molar-refractivity contribution < 1.29 is 17.4 Å². The van der Waals surface area contributed by atoms with E-state index in [1.165, 1.54) is 66.2 Å². The molecular weight excluding hydrogens is 815 g/mol. The topological polar surface area (TPSA) is 0 Å². The molecule has 2 aliphatic carbocycles. The molecule has 4 aromatic rings. The van der Waals surface area contributed by atoms with Crippen molar-refractivity contribution in [1.82, 2.24) is 0 Å². The summed E-state index contributed by atoms with van der Waals surface area (Å²) in [6.45, 7) is 38.9. The van der Waals surface area contributed by atoms with E-state index >= 15 is 0 Å². The minimum atomic E-state index is -4.08. The van der Waals surface area contributed by atoms with E-state index in [9.17, 15) is 0 Å². The predicted octanol–water partition coefficient (Wildman–Crippen LogP) is 16.0. The first-order chi connectivity index (χ1) is 24.8. The van der Waals surface area contributed by atoms with Gasteiger partial charge < -0.3 is 0 Å². The fourth-order valence-corrected chi connectivity index (χ4v) is 37.3. The molecule has 0 aromatic heterocycles. The predicted molar refractivity (Wildman–Crippen MR) is 255 cm³/mol. The summed E-state index contributed by atoms with van der Waals surface area (Å²) in [6, 6.07) is 33.7. The van der Waals surface area contributed by atoms with E-state index in [1.54, 1.807) is 22.3 Å². The summed E-state index contributed by atoms with van der Waals surface area (Å²) in [5, 5.41) is 0. The van der Waals surface area contributed by atoms with E-state index in [0.717, 1.165) is 0 Å². The number of hydrogen-bond acceptors (Lipinski definition) is 0. The van der Waals surface area contributed by atoms with Crippen LogP contribution in [0.1, 0.15) is 151 Å². The summed E-state index contributed by atoms with van der Waals surface area (Å²) >= 11 is -4.08. The Morgan fingerprint density at radius 3 is 1.09 bits per heavy atom. The molecule has 6 rings (SSSR count). The number of hydrogen-bond donors (Lipinski definition) is 0. The number of halogens is 2. The van der Waals surface area contributed by atoms with Gasteiger partial charge in [-0.25, -0.2) is 0 Å². The quantitative estimate of drug-likeness (QED) is 0.169. The molecule has 4 aromatic carbocycles. The van der Waals surface area contributed by atoms with Crippen LogP contribution in [0.4, 0.5) is 0 Å². The third-order valence-corrected chi connectivity index (χ3v) is 36.5. The van der Waals surface area contributed by atoms with Gasteiger partial charge in [-0.2, -0.15) is 0 Å². The van der Waals surface area contributed by atoms with Crippen LogP contribution in [0.15, 0.2) is 96.1 Å². The van der Waals surface area contributed by atoms with E-state index in [0.29, 0.717) is 7.25 Å². The van der Waals surface area contributed by atoms with E-state index < -0.39 is 17.4 Å². The summed E-state index contributed by atoms with van der Waals surface area (Å²) in [7, 11) is 0. The first-order valence-corrected chi connectivity index (χ1v) is 33.7. The van der Waals surface area contributed by atoms with Crippen molar-refractivity contribution >= 4 is 42.8 Å². The Morgan fingerprint density at radius 2 is 0.821 bits per heavy atom. The molecule has 0 heterocycles. The van der Waals surface area contributed by atoms with Gasteiger partial charge in [-0.15, -0.1) is 24.8 Å². The third-order valence-electron chi connectivity index (χ3n) is 13.4. The summed E-state index contributed by atoms with van der Waals surface area (Å²) in [6.07, 6.45) is 1.22. The second kappa shape index (κ2) is 15.6. The first kappa shape index (κ1) is 46.7. The van der Waals surface area contributed by atoms with Gasteiger partial charge in [-0.05, 0) is 0 Å². The van der Waals surface area contributed by atoms with Gasteiger partial charge in [0.05, 0.1) is 0 Å². The van der Waals surface area contributed by atoms with E-state index in [2.05, 4.69) is 200 Å². The van der Waals surface area contributed by atoms with Crippen LogP contribution in [0.25, 0.3) is 33.4 Å². The van der Waals surface area contributed by atoms with Crippen molar-refractivity contribution in [3.8, 4) is 22.3 Å². The molecule has 0 saturated carbocycles. The van der Waals surface area contributed by atoms with Crippen molar-refractivity contribution in [2.24, 2.45) is 10.8 Å². The fourth-order valence-electron chi connectivity index (χ4n) is 11.2. The van der Waals surface area contributed by atoms with E-state index in [4.69, 9.17) is 0 Å². The number of rotatable bonds is 6. The van der Waals surface area contributed by atoms with Crippen LogP contribution >= 0.6 is 24.8 Å². The normalized spacial score (nSPS) is 17.7. The van der Waals surface area contributed by atoms with Gasteiger partial charge in [-0.1, -0.05) is 0 Å². The zero-order valence-corrected chi connectivity index (χ0v) is 43.2. The molecule has 0 fully saturated rings. The maximum absolute atomic E-state index is 4.08. The van der Waals surface area contributed by atoms with Gasteiger partial charge in [-0.3, -0.25) is 0 Å². The molecule has 0 nitrogen and oxygen atoms in total. The van der Waals surface area contributed by atoms with Crippen LogP contribution in [0.3, 0.4) is 0 Å². The second-order valence-corrected chi connectivity index (χ2v) is 50.3. The molecule has 56 heavy (non-hydrogen) atoms. The summed E-state index contributed by atoms with van der Waals surface area (Å²) in [4.78, 5) is 0. The molecule has 2 unspecified atom stereocenters. The van der Waals surface area contributed by atoms with Crippen LogP contribution in [-0.2, 0) is 28.2 Å². The van der Waals surface area contributed by atoms with Gasteiger partial charge in [0.2, 0.25) is 0 Å². The van der Waals surface area contributed by atoms with Crippen molar-refractivity contribution in [2.45, 2.75) is 137 Å². The van der Waals surface area contributed by atoms with Crippen molar-refractivity contribution in [3.05, 3.63) is 129 Å². The Hall–Kier alpha value is -1.96. The summed E-state index contributed by atoms with van der Waals surface area (Å²) in [5.74, 6) is 0. The molecule has 2 atom stereocenters. The molecule has 4 heteroatoms. The van der Waals surface area contributed by atoms with Crippen LogP contribution in [0.5, 0.6) is 0 Å². The first-order valence-electron chi connectivity index (χ1n) is 20.8. The van der Waals surface area contributed by atoms with Crippen LogP contribution in [0, 0.1) is 10.8 Å². The maximum Gasteiger partial charge on any atom is -0.147 e. The van der Waals surface area contributed by atoms with Crippen molar-refractivity contribution in [1.29, 1.82) is 0 Å². The largest absolute Gasteiger partial charge is 0.147 e. The smallest absolute Gasteiger partial charge is 0.147 e. The average Bonchev–Trinajstić information content (AvgIpc) is 3.57. The van der Waals surface area contributed by atoms with Crippen LogP contribution in [0.2, 0.25) is 8.76 Å². The minimum absolute atomic E-state index is 0. The molecule has 0 aliphatic heterocycles. The molecule has 0 saturated heterocycles. The number of fused-ring (bicyclic) bond motifs is 2. The average molecular weight is 887 g/mol. The third kappa shape index (κ3) is 7.89. The Morgan fingerprint density at radius 1 is 0.500 bits per heavy atom. The summed E-state index contributed by atoms with van der Waals surface area (Å²) in [5.41, 5.74) is 21.4. The number of allylic oxidation sites excluding steroid dienone is 4.